The van der Waals surface area contributed by atoms with E-state index < -0.39 is 12.4 Å². The summed E-state index contributed by atoms with van der Waals surface area (Å²) in [6.45, 7) is 2.32. The van der Waals surface area contributed by atoms with Crippen molar-refractivity contribution in [1.82, 2.24) is 14.9 Å². The molecular weight excluding hydrogens is 428 g/mol. The van der Waals surface area contributed by atoms with E-state index in [1.807, 2.05) is 0 Å². The summed E-state index contributed by atoms with van der Waals surface area (Å²) in [7, 11) is 0. The number of benzene rings is 2. The molecule has 0 spiro atoms. The van der Waals surface area contributed by atoms with Crippen LogP contribution in [0.2, 0.25) is 0 Å². The van der Waals surface area contributed by atoms with Crippen LogP contribution in [-0.2, 0) is 24.2 Å². The van der Waals surface area contributed by atoms with Crippen LogP contribution in [0.4, 0.5) is 8.78 Å². The van der Waals surface area contributed by atoms with Crippen LogP contribution in [-0.4, -0.2) is 45.6 Å². The van der Waals surface area contributed by atoms with Gasteiger partial charge < -0.3 is 19.7 Å². The number of aromatic nitrogens is 2. The van der Waals surface area contributed by atoms with Gasteiger partial charge in [0, 0.05) is 29.3 Å². The quantitative estimate of drug-likeness (QED) is 0.483. The molecule has 8 heteroatoms. The molecule has 0 saturated heterocycles. The van der Waals surface area contributed by atoms with Gasteiger partial charge in [0.05, 0.1) is 30.1 Å². The van der Waals surface area contributed by atoms with E-state index in [0.29, 0.717) is 42.9 Å². The molecule has 1 aliphatic rings. The summed E-state index contributed by atoms with van der Waals surface area (Å²) in [5.74, 6) is -0.939. The predicted octanol–water partition coefficient (Wildman–Crippen LogP) is 3.86. The van der Waals surface area contributed by atoms with Crippen molar-refractivity contribution in [3.63, 3.8) is 0 Å². The lowest BCUT2D eigenvalue weighted by molar-refractivity contribution is -0.135. The summed E-state index contributed by atoms with van der Waals surface area (Å²) in [5.41, 5.74) is 4.64. The molecule has 5 rings (SSSR count). The Balaban J connectivity index is 1.66. The maximum atomic E-state index is 14.5. The average Bonchev–Trinajstić information content (AvgIpc) is 3.19. The lowest BCUT2D eigenvalue weighted by atomic mass is 9.96. The first-order valence-corrected chi connectivity index (χ1v) is 10.9. The van der Waals surface area contributed by atoms with Gasteiger partial charge in [0.25, 0.3) is 0 Å². The lowest BCUT2D eigenvalue weighted by Crippen LogP contribution is -2.38. The van der Waals surface area contributed by atoms with E-state index in [1.165, 1.54) is 18.2 Å². The minimum atomic E-state index is -0.561. The largest absolute Gasteiger partial charge is 0.491 e. The topological polar surface area (TPSA) is 78.5 Å². The average molecular weight is 451 g/mol. The minimum Gasteiger partial charge on any atom is -0.491 e. The van der Waals surface area contributed by atoms with Gasteiger partial charge in [0.15, 0.2) is 11.6 Å². The number of amides is 1. The van der Waals surface area contributed by atoms with Gasteiger partial charge in [-0.1, -0.05) is 6.07 Å². The number of aliphatic hydroxyl groups excluding tert-OH is 1. The van der Waals surface area contributed by atoms with E-state index in [0.717, 1.165) is 27.4 Å². The third kappa shape index (κ3) is 3.80. The second-order valence-corrected chi connectivity index (χ2v) is 8.15. The maximum Gasteiger partial charge on any atom is 0.248 e. The number of ether oxygens (including phenoxy) is 1. The number of nitrogens with one attached hydrogen (secondary N) is 1. The van der Waals surface area contributed by atoms with E-state index in [-0.39, 0.29) is 24.0 Å². The zero-order valence-corrected chi connectivity index (χ0v) is 18.1. The smallest absolute Gasteiger partial charge is 0.248 e. The van der Waals surface area contributed by atoms with E-state index in [2.05, 4.69) is 4.98 Å². The summed E-state index contributed by atoms with van der Waals surface area (Å²) >= 11 is 0. The van der Waals surface area contributed by atoms with E-state index in [4.69, 9.17) is 9.72 Å². The van der Waals surface area contributed by atoms with Crippen molar-refractivity contribution in [1.29, 1.82) is 0 Å². The van der Waals surface area contributed by atoms with Gasteiger partial charge in [-0.05, 0) is 54.8 Å². The molecule has 2 aromatic heterocycles. The fourth-order valence-electron chi connectivity index (χ4n) is 4.59. The molecule has 33 heavy (non-hydrogen) atoms. The number of halogens is 2. The number of hydrogen-bond donors (Lipinski definition) is 2. The number of pyridine rings is 1. The number of aliphatic hydroxyl groups is 1. The molecule has 2 N–H and O–H groups in total. The second-order valence-electron chi connectivity index (χ2n) is 8.15. The Morgan fingerprint density at radius 1 is 1.24 bits per heavy atom. The second kappa shape index (κ2) is 8.44. The molecule has 1 aliphatic heterocycles. The fraction of sp³-hybridized carbons (Fsp3) is 0.280. The van der Waals surface area contributed by atoms with E-state index >= 15 is 0 Å². The SMILES string of the molecule is CCOc1ccc(Cc2nc3c(c4c2[nH]c2ccc(F)cc24)CCN(C(=O)CO)C3)cc1F. The Kier molecular flexibility index (Phi) is 5.46. The summed E-state index contributed by atoms with van der Waals surface area (Å²) in [4.78, 5) is 21.9. The van der Waals surface area contributed by atoms with Crippen LogP contribution in [0, 0.1) is 11.6 Å². The molecule has 1 amide bonds. The Hall–Kier alpha value is -3.52. The Labute approximate surface area is 188 Å². The highest BCUT2D eigenvalue weighted by molar-refractivity contribution is 6.10. The van der Waals surface area contributed by atoms with Crippen molar-refractivity contribution in [2.24, 2.45) is 0 Å². The first kappa shape index (κ1) is 21.3. The van der Waals surface area contributed by atoms with Gasteiger partial charge in [-0.25, -0.2) is 8.78 Å². The summed E-state index contributed by atoms with van der Waals surface area (Å²) in [6.07, 6.45) is 0.891. The Morgan fingerprint density at radius 2 is 2.09 bits per heavy atom. The molecule has 0 radical (unpaired) electrons. The molecule has 0 saturated carbocycles. The molecule has 4 aromatic rings. The molecule has 0 bridgehead atoms. The van der Waals surface area contributed by atoms with Gasteiger partial charge in [-0.2, -0.15) is 0 Å². The third-order valence-corrected chi connectivity index (χ3v) is 6.10. The number of hydrogen-bond acceptors (Lipinski definition) is 4. The maximum absolute atomic E-state index is 14.5. The molecule has 3 heterocycles. The van der Waals surface area contributed by atoms with Gasteiger partial charge in [-0.15, -0.1) is 0 Å². The van der Waals surface area contributed by atoms with Crippen molar-refractivity contribution in [3.8, 4) is 5.75 Å². The monoisotopic (exact) mass is 451 g/mol. The van der Waals surface area contributed by atoms with Crippen LogP contribution < -0.4 is 4.74 Å². The van der Waals surface area contributed by atoms with Crippen LogP contribution in [0.1, 0.15) is 29.4 Å². The highest BCUT2D eigenvalue weighted by atomic mass is 19.1. The molecule has 170 valence electrons. The van der Waals surface area contributed by atoms with Crippen LogP contribution in [0.25, 0.3) is 21.8 Å². The molecule has 0 atom stereocenters. The molecule has 6 nitrogen and oxygen atoms in total. The first-order valence-electron chi connectivity index (χ1n) is 10.9. The number of aromatic amines is 1. The number of fused-ring (bicyclic) bond motifs is 5. The highest BCUT2D eigenvalue weighted by Gasteiger charge is 2.26. The van der Waals surface area contributed by atoms with Crippen molar-refractivity contribution >= 4 is 27.7 Å². The first-order chi connectivity index (χ1) is 16.0. The van der Waals surface area contributed by atoms with Crippen LogP contribution in [0.15, 0.2) is 36.4 Å². The van der Waals surface area contributed by atoms with Gasteiger partial charge in [-0.3, -0.25) is 9.78 Å². The molecular formula is C25H23F2N3O3. The molecule has 2 aromatic carbocycles. The normalized spacial score (nSPS) is 13.5. The fourth-order valence-corrected chi connectivity index (χ4v) is 4.59. The zero-order valence-electron chi connectivity index (χ0n) is 18.1. The van der Waals surface area contributed by atoms with E-state index in [1.54, 1.807) is 30.0 Å². The highest BCUT2D eigenvalue weighted by Crippen LogP contribution is 2.35. The summed E-state index contributed by atoms with van der Waals surface area (Å²) in [5, 5.41) is 10.9. The van der Waals surface area contributed by atoms with Crippen molar-refractivity contribution in [2.45, 2.75) is 26.3 Å². The Morgan fingerprint density at radius 3 is 2.85 bits per heavy atom. The third-order valence-electron chi connectivity index (χ3n) is 6.10. The predicted molar refractivity (Wildman–Crippen MR) is 120 cm³/mol. The number of carbonyl (C=O) groups is 1. The number of nitrogens with zero attached hydrogens (tertiary/aromatic N) is 2. The Bertz CT molecular complexity index is 1380. The van der Waals surface area contributed by atoms with Gasteiger partial charge >= 0.3 is 0 Å². The number of rotatable bonds is 5. The van der Waals surface area contributed by atoms with Crippen molar-refractivity contribution < 1.29 is 23.4 Å². The van der Waals surface area contributed by atoms with Crippen molar-refractivity contribution in [3.05, 3.63) is 70.5 Å². The zero-order chi connectivity index (χ0) is 23.1. The summed E-state index contributed by atoms with van der Waals surface area (Å²) < 4.78 is 33.9. The van der Waals surface area contributed by atoms with Gasteiger partial charge in [0.2, 0.25) is 5.91 Å². The van der Waals surface area contributed by atoms with Crippen LogP contribution in [0.5, 0.6) is 5.75 Å². The van der Waals surface area contributed by atoms with Crippen molar-refractivity contribution in [2.75, 3.05) is 19.8 Å². The number of H-pyrrole nitrogens is 1. The summed E-state index contributed by atoms with van der Waals surface area (Å²) in [6, 6.07) is 9.43. The van der Waals surface area contributed by atoms with Gasteiger partial charge in [0.1, 0.15) is 12.4 Å². The number of carbonyl (C=O) groups excluding carboxylic acids is 1. The molecule has 0 aliphatic carbocycles. The van der Waals surface area contributed by atoms with E-state index in [9.17, 15) is 18.7 Å². The van der Waals surface area contributed by atoms with Crippen LogP contribution >= 0.6 is 0 Å². The minimum absolute atomic E-state index is 0.198. The molecule has 0 unspecified atom stereocenters. The lowest BCUT2D eigenvalue weighted by Gasteiger charge is -2.28. The standard InChI is InChI=1S/C25H23F2N3O3/c1-2-33-22-6-3-14(9-18(22)27)10-20-25-24(17-11-15(26)4-5-19(17)29-25)16-7-8-30(23(32)13-31)12-21(16)28-20/h3-6,9,11,29,31H,2,7-8,10,12-13H2,1H3. The van der Waals surface area contributed by atoms with Crippen LogP contribution in [0.3, 0.4) is 0 Å². The molecule has 0 fully saturated rings.